The summed E-state index contributed by atoms with van der Waals surface area (Å²) in [7, 11) is 0. The van der Waals surface area contributed by atoms with Gasteiger partial charge in [0.1, 0.15) is 0 Å². The highest BCUT2D eigenvalue weighted by Gasteiger charge is 2.07. The van der Waals surface area contributed by atoms with Crippen LogP contribution in [-0.4, -0.2) is 10.4 Å². The molecule has 4 heteroatoms. The maximum atomic E-state index is 13.1. The minimum absolute atomic E-state index is 0.103. The van der Waals surface area contributed by atoms with Gasteiger partial charge in [-0.2, -0.15) is 0 Å². The van der Waals surface area contributed by atoms with Gasteiger partial charge < -0.3 is 4.57 Å². The lowest BCUT2D eigenvalue weighted by molar-refractivity contribution is 0.0981. The number of hydrogen-bond acceptors (Lipinski definition) is 1. The molecule has 2 rings (SSSR count). The number of ketones is 1. The second-order valence-electron chi connectivity index (χ2n) is 4.49. The topological polar surface area (TPSA) is 22.0 Å². The summed E-state index contributed by atoms with van der Waals surface area (Å²) >= 11 is 0. The first-order chi connectivity index (χ1) is 9.10. The molecule has 0 N–H and O–H groups in total. The van der Waals surface area contributed by atoms with E-state index in [2.05, 4.69) is 0 Å². The number of carbonyl (C=O) groups excluding carboxylic acids is 1. The van der Waals surface area contributed by atoms with E-state index in [1.165, 1.54) is 12.1 Å². The van der Waals surface area contributed by atoms with Gasteiger partial charge in [-0.3, -0.25) is 4.79 Å². The van der Waals surface area contributed by atoms with Crippen molar-refractivity contribution in [2.24, 2.45) is 0 Å². The van der Waals surface area contributed by atoms with Crippen molar-refractivity contribution in [3.8, 4) is 0 Å². The van der Waals surface area contributed by atoms with Gasteiger partial charge in [-0.05, 0) is 30.2 Å². The second-order valence-corrected chi connectivity index (χ2v) is 4.49. The molecule has 1 heterocycles. The van der Waals surface area contributed by atoms with Gasteiger partial charge in [-0.1, -0.05) is 13.0 Å². The van der Waals surface area contributed by atoms with Gasteiger partial charge in [0.05, 0.1) is 0 Å². The molecule has 0 amide bonds. The quantitative estimate of drug-likeness (QED) is 0.752. The molecule has 0 fully saturated rings. The molecule has 0 aliphatic carbocycles. The summed E-state index contributed by atoms with van der Waals surface area (Å²) in [6.45, 7) is 2.37. The highest BCUT2D eigenvalue weighted by molar-refractivity contribution is 5.95. The van der Waals surface area contributed by atoms with Crippen LogP contribution in [0.2, 0.25) is 0 Å². The van der Waals surface area contributed by atoms with Crippen molar-refractivity contribution in [1.29, 1.82) is 0 Å². The smallest absolute Gasteiger partial charge is 0.164 e. The lowest BCUT2D eigenvalue weighted by atomic mass is 10.1. The van der Waals surface area contributed by atoms with Crippen LogP contribution in [-0.2, 0) is 6.54 Å². The van der Waals surface area contributed by atoms with Gasteiger partial charge in [0.25, 0.3) is 0 Å². The summed E-state index contributed by atoms with van der Waals surface area (Å²) in [5, 5.41) is 0. The van der Waals surface area contributed by atoms with Crippen LogP contribution < -0.4 is 0 Å². The van der Waals surface area contributed by atoms with Crippen LogP contribution in [0, 0.1) is 11.6 Å². The third-order valence-corrected chi connectivity index (χ3v) is 2.90. The van der Waals surface area contributed by atoms with E-state index in [1.54, 1.807) is 23.0 Å². The molecular weight excluding hydrogens is 248 g/mol. The fourth-order valence-corrected chi connectivity index (χ4v) is 1.92. The number of Topliss-reactive ketones (excluding diaryl/α,β-unsaturated/α-hetero) is 1. The molecule has 0 saturated heterocycles. The zero-order chi connectivity index (χ0) is 13.8. The molecule has 2 aromatic rings. The lowest BCUT2D eigenvalue weighted by Crippen LogP contribution is -1.99. The minimum atomic E-state index is -0.855. The lowest BCUT2D eigenvalue weighted by Gasteiger charge is -2.03. The molecular formula is C15H15F2NO. The zero-order valence-electron chi connectivity index (χ0n) is 10.7. The van der Waals surface area contributed by atoms with Gasteiger partial charge in [-0.25, -0.2) is 8.78 Å². The predicted octanol–water partition coefficient (Wildman–Crippen LogP) is 3.80. The standard InChI is InChI=1S/C15H15F2NO/c1-2-3-15(19)12-6-7-18(10-12)9-11-4-5-13(16)14(17)8-11/h4-8,10H,2-3,9H2,1H3. The molecule has 0 aliphatic heterocycles. The fourth-order valence-electron chi connectivity index (χ4n) is 1.92. The molecule has 0 radical (unpaired) electrons. The van der Waals surface area contributed by atoms with Crippen molar-refractivity contribution < 1.29 is 13.6 Å². The normalized spacial score (nSPS) is 10.7. The maximum absolute atomic E-state index is 13.1. The first kappa shape index (κ1) is 13.5. The second kappa shape index (κ2) is 5.78. The van der Waals surface area contributed by atoms with E-state index < -0.39 is 11.6 Å². The van der Waals surface area contributed by atoms with Crippen molar-refractivity contribution in [3.05, 3.63) is 59.4 Å². The monoisotopic (exact) mass is 263 g/mol. The minimum Gasteiger partial charge on any atom is -0.349 e. The van der Waals surface area contributed by atoms with E-state index in [4.69, 9.17) is 0 Å². The average molecular weight is 263 g/mol. The van der Waals surface area contributed by atoms with Crippen LogP contribution in [0.4, 0.5) is 8.78 Å². The van der Waals surface area contributed by atoms with E-state index in [0.717, 1.165) is 12.5 Å². The summed E-state index contributed by atoms with van der Waals surface area (Å²) in [5.74, 6) is -1.60. The molecule has 0 aliphatic rings. The molecule has 2 nitrogen and oxygen atoms in total. The summed E-state index contributed by atoms with van der Waals surface area (Å²) in [4.78, 5) is 11.7. The van der Waals surface area contributed by atoms with Gasteiger partial charge >= 0.3 is 0 Å². The van der Waals surface area contributed by atoms with E-state index in [9.17, 15) is 13.6 Å². The third kappa shape index (κ3) is 3.28. The van der Waals surface area contributed by atoms with E-state index >= 15 is 0 Å². The van der Waals surface area contributed by atoms with Crippen molar-refractivity contribution in [1.82, 2.24) is 4.57 Å². The third-order valence-electron chi connectivity index (χ3n) is 2.90. The zero-order valence-corrected chi connectivity index (χ0v) is 10.7. The van der Waals surface area contributed by atoms with Crippen LogP contribution in [0.25, 0.3) is 0 Å². The Balaban J connectivity index is 2.11. The SMILES string of the molecule is CCCC(=O)c1ccn(Cc2ccc(F)c(F)c2)c1. The van der Waals surface area contributed by atoms with Gasteiger partial charge in [-0.15, -0.1) is 0 Å². The summed E-state index contributed by atoms with van der Waals surface area (Å²) in [6.07, 6.45) is 4.84. The molecule has 0 unspecified atom stereocenters. The highest BCUT2D eigenvalue weighted by Crippen LogP contribution is 2.12. The highest BCUT2D eigenvalue weighted by atomic mass is 19.2. The average Bonchev–Trinajstić information content (AvgIpc) is 2.83. The van der Waals surface area contributed by atoms with Crippen molar-refractivity contribution in [3.63, 3.8) is 0 Å². The number of hydrogen-bond donors (Lipinski definition) is 0. The summed E-state index contributed by atoms with van der Waals surface area (Å²) in [6, 6.07) is 5.56. The van der Waals surface area contributed by atoms with Crippen LogP contribution in [0.5, 0.6) is 0 Å². The van der Waals surface area contributed by atoms with E-state index in [-0.39, 0.29) is 5.78 Å². The van der Waals surface area contributed by atoms with Gasteiger partial charge in [0.15, 0.2) is 17.4 Å². The van der Waals surface area contributed by atoms with Crippen LogP contribution in [0.1, 0.15) is 35.7 Å². The number of benzene rings is 1. The first-order valence-corrected chi connectivity index (χ1v) is 6.23. The number of rotatable bonds is 5. The predicted molar refractivity (Wildman–Crippen MR) is 69.1 cm³/mol. The van der Waals surface area contributed by atoms with E-state index in [0.29, 0.717) is 24.1 Å². The summed E-state index contributed by atoms with van der Waals surface area (Å²) in [5.41, 5.74) is 1.31. The Kier molecular flexibility index (Phi) is 4.10. The van der Waals surface area contributed by atoms with Gasteiger partial charge in [0, 0.05) is 30.9 Å². The molecule has 19 heavy (non-hydrogen) atoms. The Bertz CT molecular complexity index is 590. The largest absolute Gasteiger partial charge is 0.349 e. The Labute approximate surface area is 110 Å². The molecule has 0 atom stereocenters. The summed E-state index contributed by atoms with van der Waals surface area (Å²) < 4.78 is 27.7. The fraction of sp³-hybridized carbons (Fsp3) is 0.267. The van der Waals surface area contributed by atoms with Crippen LogP contribution >= 0.6 is 0 Å². The van der Waals surface area contributed by atoms with Crippen molar-refractivity contribution in [2.45, 2.75) is 26.3 Å². The Hall–Kier alpha value is -1.97. The molecule has 0 spiro atoms. The Morgan fingerprint density at radius 1 is 1.21 bits per heavy atom. The van der Waals surface area contributed by atoms with E-state index in [1.807, 2.05) is 6.92 Å². The molecule has 0 bridgehead atoms. The number of nitrogens with zero attached hydrogens (tertiary/aromatic N) is 1. The molecule has 0 saturated carbocycles. The maximum Gasteiger partial charge on any atom is 0.164 e. The Morgan fingerprint density at radius 2 is 2.00 bits per heavy atom. The Morgan fingerprint density at radius 3 is 2.68 bits per heavy atom. The molecule has 1 aromatic heterocycles. The molecule has 100 valence electrons. The van der Waals surface area contributed by atoms with Crippen molar-refractivity contribution >= 4 is 5.78 Å². The molecule has 1 aromatic carbocycles. The van der Waals surface area contributed by atoms with Crippen molar-refractivity contribution in [2.75, 3.05) is 0 Å². The first-order valence-electron chi connectivity index (χ1n) is 6.23. The number of carbonyl (C=O) groups is 1. The number of aromatic nitrogens is 1. The van der Waals surface area contributed by atoms with Gasteiger partial charge in [0.2, 0.25) is 0 Å². The van der Waals surface area contributed by atoms with Crippen LogP contribution in [0.15, 0.2) is 36.7 Å². The van der Waals surface area contributed by atoms with Crippen LogP contribution in [0.3, 0.4) is 0 Å². The number of halogens is 2.